The fourth-order valence-electron chi connectivity index (χ4n) is 4.22. The van der Waals surface area contributed by atoms with E-state index in [0.717, 1.165) is 68.0 Å². The number of aromatic amines is 1. The van der Waals surface area contributed by atoms with Crippen molar-refractivity contribution < 1.29 is 0 Å². The Morgan fingerprint density at radius 2 is 1.89 bits per heavy atom. The predicted molar refractivity (Wildman–Crippen MR) is 159 cm³/mol. The second-order valence-corrected chi connectivity index (χ2v) is 8.96. The molecular weight excluding hydrogens is 454 g/mol. The molecule has 0 aliphatic heterocycles. The standard InChI is InChI=1S/C32H37N5/c1-9-24(21-37(7)8)18-25(10-2)22(4)17-28(30(11-3)33-6)23(5)31-19-29-27(14-16-35-32(29)36-31)26-13-12-15-34-20-26/h9-20,33H,1,4-5,21H2,2-3,6-8H3,(H,35,36)/b24-18+,25-10+,28-17-,30-11+. The molecule has 2 N–H and O–H groups in total. The highest BCUT2D eigenvalue weighted by atomic mass is 15.0. The first-order chi connectivity index (χ1) is 17.8. The van der Waals surface area contributed by atoms with Crippen molar-refractivity contribution in [2.45, 2.75) is 13.8 Å². The highest BCUT2D eigenvalue weighted by molar-refractivity contribution is 5.96. The summed E-state index contributed by atoms with van der Waals surface area (Å²) in [4.78, 5) is 14.4. The van der Waals surface area contributed by atoms with Crippen molar-refractivity contribution in [3.63, 3.8) is 0 Å². The lowest BCUT2D eigenvalue weighted by atomic mass is 9.95. The molecule has 0 amide bonds. The third kappa shape index (κ3) is 6.51. The van der Waals surface area contributed by atoms with Crippen LogP contribution >= 0.6 is 0 Å². The second-order valence-electron chi connectivity index (χ2n) is 8.96. The lowest BCUT2D eigenvalue weighted by Gasteiger charge is -2.16. The van der Waals surface area contributed by atoms with Gasteiger partial charge in [-0.25, -0.2) is 4.98 Å². The van der Waals surface area contributed by atoms with E-state index in [9.17, 15) is 0 Å². The van der Waals surface area contributed by atoms with Gasteiger partial charge in [0.1, 0.15) is 5.65 Å². The second kappa shape index (κ2) is 12.7. The van der Waals surface area contributed by atoms with E-state index in [1.54, 1.807) is 6.20 Å². The van der Waals surface area contributed by atoms with Gasteiger partial charge in [-0.05, 0) is 74.5 Å². The Morgan fingerprint density at radius 1 is 1.11 bits per heavy atom. The first-order valence-corrected chi connectivity index (χ1v) is 12.3. The molecule has 0 saturated carbocycles. The van der Waals surface area contributed by atoms with Gasteiger partial charge in [-0.2, -0.15) is 0 Å². The molecule has 37 heavy (non-hydrogen) atoms. The highest BCUT2D eigenvalue weighted by Gasteiger charge is 2.16. The summed E-state index contributed by atoms with van der Waals surface area (Å²) >= 11 is 0. The maximum atomic E-state index is 4.57. The molecule has 5 heteroatoms. The van der Waals surface area contributed by atoms with Crippen LogP contribution < -0.4 is 5.32 Å². The minimum atomic E-state index is 0.801. The molecule has 190 valence electrons. The Labute approximate surface area is 221 Å². The van der Waals surface area contributed by atoms with Crippen LogP contribution in [0.1, 0.15) is 19.5 Å². The van der Waals surface area contributed by atoms with Gasteiger partial charge in [-0.15, -0.1) is 0 Å². The minimum Gasteiger partial charge on any atom is -0.388 e. The van der Waals surface area contributed by atoms with Gasteiger partial charge in [0.2, 0.25) is 0 Å². The molecule has 0 saturated heterocycles. The average molecular weight is 492 g/mol. The predicted octanol–water partition coefficient (Wildman–Crippen LogP) is 6.86. The van der Waals surface area contributed by atoms with Crippen molar-refractivity contribution in [1.82, 2.24) is 25.2 Å². The van der Waals surface area contributed by atoms with E-state index in [2.05, 4.69) is 75.3 Å². The van der Waals surface area contributed by atoms with E-state index in [1.807, 2.05) is 71.7 Å². The van der Waals surface area contributed by atoms with Crippen LogP contribution in [0.15, 0.2) is 121 Å². The molecule has 3 aromatic heterocycles. The topological polar surface area (TPSA) is 56.8 Å². The van der Waals surface area contributed by atoms with Crippen molar-refractivity contribution in [2.24, 2.45) is 0 Å². The van der Waals surface area contributed by atoms with Gasteiger partial charge in [0.25, 0.3) is 0 Å². The Balaban J connectivity index is 2.06. The monoisotopic (exact) mass is 491 g/mol. The largest absolute Gasteiger partial charge is 0.388 e. The summed E-state index contributed by atoms with van der Waals surface area (Å²) in [6, 6.07) is 8.11. The molecule has 0 unspecified atom stereocenters. The van der Waals surface area contributed by atoms with Crippen LogP contribution in [0.3, 0.4) is 0 Å². The van der Waals surface area contributed by atoms with Gasteiger partial charge in [0.15, 0.2) is 0 Å². The molecule has 0 spiro atoms. The van der Waals surface area contributed by atoms with Gasteiger partial charge < -0.3 is 15.2 Å². The number of fused-ring (bicyclic) bond motifs is 1. The third-order valence-electron chi connectivity index (χ3n) is 6.11. The lowest BCUT2D eigenvalue weighted by molar-refractivity contribution is 0.449. The molecule has 3 rings (SSSR count). The molecule has 3 aromatic rings. The quantitative estimate of drug-likeness (QED) is 0.288. The zero-order valence-corrected chi connectivity index (χ0v) is 22.6. The minimum absolute atomic E-state index is 0.801. The van der Waals surface area contributed by atoms with Crippen LogP contribution in [0.2, 0.25) is 0 Å². The normalized spacial score (nSPS) is 13.2. The van der Waals surface area contributed by atoms with Crippen molar-refractivity contribution in [3.8, 4) is 11.1 Å². The number of aromatic nitrogens is 3. The van der Waals surface area contributed by atoms with Crippen LogP contribution in [0.4, 0.5) is 0 Å². The summed E-state index contributed by atoms with van der Waals surface area (Å²) in [5.41, 5.74) is 9.60. The fourth-order valence-corrected chi connectivity index (χ4v) is 4.22. The molecule has 0 fully saturated rings. The maximum absolute atomic E-state index is 4.57. The lowest BCUT2D eigenvalue weighted by Crippen LogP contribution is -2.14. The number of hydrogen-bond donors (Lipinski definition) is 2. The number of nitrogens with one attached hydrogen (secondary N) is 2. The van der Waals surface area contributed by atoms with Crippen molar-refractivity contribution in [1.29, 1.82) is 0 Å². The highest BCUT2D eigenvalue weighted by Crippen LogP contribution is 2.33. The molecule has 0 aromatic carbocycles. The van der Waals surface area contributed by atoms with Gasteiger partial charge in [-0.3, -0.25) is 4.98 Å². The molecule has 0 aliphatic carbocycles. The molecule has 5 nitrogen and oxygen atoms in total. The first kappa shape index (κ1) is 27.4. The molecule has 0 aliphatic rings. The average Bonchev–Trinajstić information content (AvgIpc) is 3.35. The first-order valence-electron chi connectivity index (χ1n) is 12.3. The van der Waals surface area contributed by atoms with Crippen LogP contribution in [-0.2, 0) is 0 Å². The Morgan fingerprint density at radius 3 is 2.49 bits per heavy atom. The Hall–Kier alpha value is -4.22. The summed E-state index contributed by atoms with van der Waals surface area (Å²) in [7, 11) is 6.00. The van der Waals surface area contributed by atoms with Crippen LogP contribution in [-0.4, -0.2) is 47.5 Å². The molecule has 0 radical (unpaired) electrons. The summed E-state index contributed by atoms with van der Waals surface area (Å²) in [5.74, 6) is 0. The summed E-state index contributed by atoms with van der Waals surface area (Å²) in [5, 5.41) is 4.33. The van der Waals surface area contributed by atoms with Gasteiger partial charge in [0.05, 0.1) is 0 Å². The number of allylic oxidation sites excluding steroid dienone is 7. The van der Waals surface area contributed by atoms with E-state index in [1.165, 1.54) is 0 Å². The van der Waals surface area contributed by atoms with Crippen molar-refractivity contribution in [3.05, 3.63) is 127 Å². The fraction of sp³-hybridized carbons (Fsp3) is 0.188. The van der Waals surface area contributed by atoms with Crippen molar-refractivity contribution >= 4 is 16.6 Å². The molecule has 0 atom stereocenters. The number of pyridine rings is 2. The molecule has 3 heterocycles. The van der Waals surface area contributed by atoms with Gasteiger partial charge in [0, 0.05) is 65.7 Å². The zero-order valence-electron chi connectivity index (χ0n) is 22.6. The van der Waals surface area contributed by atoms with Crippen LogP contribution in [0, 0.1) is 0 Å². The Bertz CT molecular complexity index is 1410. The van der Waals surface area contributed by atoms with E-state index in [-0.39, 0.29) is 0 Å². The van der Waals surface area contributed by atoms with Crippen LogP contribution in [0.25, 0.3) is 27.7 Å². The zero-order chi connectivity index (χ0) is 26.9. The summed E-state index contributed by atoms with van der Waals surface area (Å²) < 4.78 is 0. The molecule has 0 bridgehead atoms. The van der Waals surface area contributed by atoms with E-state index >= 15 is 0 Å². The van der Waals surface area contributed by atoms with Crippen molar-refractivity contribution in [2.75, 3.05) is 27.7 Å². The van der Waals surface area contributed by atoms with Gasteiger partial charge >= 0.3 is 0 Å². The Kier molecular flexibility index (Phi) is 9.36. The number of hydrogen-bond acceptors (Lipinski definition) is 4. The smallest absolute Gasteiger partial charge is 0.138 e. The molecular formula is C32H37N5. The maximum Gasteiger partial charge on any atom is 0.138 e. The third-order valence-corrected chi connectivity index (χ3v) is 6.11. The number of rotatable bonds is 11. The number of nitrogens with zero attached hydrogens (tertiary/aromatic N) is 3. The van der Waals surface area contributed by atoms with Crippen LogP contribution in [0.5, 0.6) is 0 Å². The van der Waals surface area contributed by atoms with E-state index in [4.69, 9.17) is 0 Å². The summed E-state index contributed by atoms with van der Waals surface area (Å²) in [6.45, 7) is 17.7. The van der Waals surface area contributed by atoms with Gasteiger partial charge in [-0.1, -0.05) is 50.1 Å². The number of H-pyrrole nitrogens is 1. The summed E-state index contributed by atoms with van der Waals surface area (Å²) in [6.07, 6.45) is 15.7. The van der Waals surface area contributed by atoms with E-state index < -0.39 is 0 Å². The SMILES string of the molecule is C=C/C(=C\C(=C/C)C(=C)/C=C(C(=C)c1cc2c(-c3cccnc3)ccnc2[nH]1)\C(=C/C)NC)CN(C)C. The van der Waals surface area contributed by atoms with E-state index in [0.29, 0.717) is 0 Å². The number of likely N-dealkylation sites (N-methyl/N-ethyl adjacent to an activating group) is 2.